The Kier molecular flexibility index (Phi) is 5.24. The topological polar surface area (TPSA) is 44.5 Å². The van der Waals surface area contributed by atoms with Gasteiger partial charge in [0.25, 0.3) is 0 Å². The van der Waals surface area contributed by atoms with E-state index in [-0.39, 0.29) is 23.7 Å². The third-order valence-corrected chi connectivity index (χ3v) is 6.68. The van der Waals surface area contributed by atoms with Crippen LogP contribution in [0.5, 0.6) is 5.75 Å². The summed E-state index contributed by atoms with van der Waals surface area (Å²) in [6.07, 6.45) is 5.80. The molecule has 2 aliphatic heterocycles. The van der Waals surface area contributed by atoms with Crippen molar-refractivity contribution in [1.29, 1.82) is 0 Å². The molecule has 1 fully saturated rings. The van der Waals surface area contributed by atoms with Gasteiger partial charge in [-0.15, -0.1) is 0 Å². The number of rotatable bonds is 0. The minimum atomic E-state index is -0.222. The van der Waals surface area contributed by atoms with Crippen molar-refractivity contribution in [2.75, 3.05) is 12.3 Å². The second-order valence-corrected chi connectivity index (χ2v) is 8.90. The van der Waals surface area contributed by atoms with Gasteiger partial charge in [0.1, 0.15) is 12.4 Å². The fraction of sp³-hybridized carbons (Fsp3) is 0.565. The molecule has 2 atom stereocenters. The van der Waals surface area contributed by atoms with Crippen molar-refractivity contribution in [1.82, 2.24) is 0 Å². The molecule has 3 aliphatic rings. The summed E-state index contributed by atoms with van der Waals surface area (Å²) in [5.41, 5.74) is 10.4. The first-order chi connectivity index (χ1) is 12.7. The van der Waals surface area contributed by atoms with Crippen LogP contribution in [0.2, 0.25) is 0 Å². The van der Waals surface area contributed by atoms with E-state index in [0.717, 1.165) is 17.9 Å². The second kappa shape index (κ2) is 7.05. The first kappa shape index (κ1) is 20.1. The van der Waals surface area contributed by atoms with E-state index in [1.54, 1.807) is 0 Å². The van der Waals surface area contributed by atoms with Gasteiger partial charge in [-0.25, -0.2) is 0 Å². The summed E-state index contributed by atoms with van der Waals surface area (Å²) in [5, 5.41) is 0. The lowest BCUT2D eigenvalue weighted by atomic mass is 9.42. The number of allylic oxidation sites excluding steroid dienone is 2. The van der Waals surface area contributed by atoms with Crippen LogP contribution in [0, 0.1) is 11.3 Å². The highest BCUT2D eigenvalue weighted by Crippen LogP contribution is 2.58. The lowest BCUT2D eigenvalue weighted by Crippen LogP contribution is -2.38. The van der Waals surface area contributed by atoms with Crippen LogP contribution in [0.25, 0.3) is 0 Å². The highest BCUT2D eigenvalue weighted by molar-refractivity contribution is 6.64. The van der Waals surface area contributed by atoms with Gasteiger partial charge < -0.3 is 15.1 Å². The van der Waals surface area contributed by atoms with Crippen LogP contribution < -0.4 is 10.5 Å². The maximum Gasteiger partial charge on any atom is 0.335 e. The molecule has 2 unspecified atom stereocenters. The molecular formula is C23H34BNO2. The van der Waals surface area contributed by atoms with Crippen molar-refractivity contribution in [2.45, 2.75) is 66.3 Å². The van der Waals surface area contributed by atoms with Gasteiger partial charge in [-0.05, 0) is 54.3 Å². The Morgan fingerprint density at radius 2 is 1.85 bits per heavy atom. The molecule has 0 amide bonds. The second-order valence-electron chi connectivity index (χ2n) is 8.90. The molecule has 2 heterocycles. The van der Waals surface area contributed by atoms with Crippen molar-refractivity contribution in [2.24, 2.45) is 11.3 Å². The van der Waals surface area contributed by atoms with Gasteiger partial charge in [0, 0.05) is 17.6 Å². The highest BCUT2D eigenvalue weighted by Gasteiger charge is 2.60. The van der Waals surface area contributed by atoms with Gasteiger partial charge in [0.05, 0.1) is 5.60 Å². The number of nitrogen functional groups attached to an aromatic ring is 1. The number of ether oxygens (including phenoxy) is 1. The lowest BCUT2D eigenvalue weighted by Gasteiger charge is -2.39. The Labute approximate surface area is 165 Å². The van der Waals surface area contributed by atoms with Crippen LogP contribution in [-0.2, 0) is 4.65 Å². The molecule has 1 aromatic rings. The molecule has 0 saturated carbocycles. The molecule has 0 radical (unpaired) electrons. The molecule has 0 aromatic heterocycles. The predicted octanol–water partition coefficient (Wildman–Crippen LogP) is 5.57. The first-order valence-electron chi connectivity index (χ1n) is 10.3. The van der Waals surface area contributed by atoms with E-state index >= 15 is 0 Å². The monoisotopic (exact) mass is 367 g/mol. The van der Waals surface area contributed by atoms with Gasteiger partial charge in [-0.3, -0.25) is 0 Å². The Bertz CT molecular complexity index is 779. The van der Waals surface area contributed by atoms with E-state index in [4.69, 9.17) is 15.1 Å². The molecule has 1 saturated heterocycles. The Hall–Kier alpha value is -1.68. The minimum absolute atomic E-state index is 0.0295. The first-order valence-corrected chi connectivity index (χ1v) is 10.3. The van der Waals surface area contributed by atoms with Crippen molar-refractivity contribution in [3.8, 4) is 5.75 Å². The highest BCUT2D eigenvalue weighted by atomic mass is 16.5. The van der Waals surface area contributed by atoms with Crippen LogP contribution in [0.1, 0.15) is 66.3 Å². The number of hydrogen-bond acceptors (Lipinski definition) is 3. The maximum absolute atomic E-state index is 6.70. The standard InChI is InChI=1S/C21H28BNO2.C2H6/c1-13-6-9-17-14(10-13)12-24-18-11-15(23)7-8-16(18)19-20(2,3)21(4,5)25-22(17)19;1-2/h7-11,13,19H,6,12,23H2,1-5H3;1-2H3. The summed E-state index contributed by atoms with van der Waals surface area (Å²) in [6.45, 7) is 16.0. The van der Waals surface area contributed by atoms with Crippen molar-refractivity contribution in [3.63, 3.8) is 0 Å². The van der Waals surface area contributed by atoms with Crippen LogP contribution in [0.4, 0.5) is 5.69 Å². The largest absolute Gasteiger partial charge is 0.489 e. The number of fused-ring (bicyclic) bond motifs is 5. The average Bonchev–Trinajstić information content (AvgIpc) is 2.79. The fourth-order valence-corrected chi connectivity index (χ4v) is 4.56. The predicted molar refractivity (Wildman–Crippen MR) is 115 cm³/mol. The number of anilines is 1. The smallest absolute Gasteiger partial charge is 0.335 e. The van der Waals surface area contributed by atoms with E-state index < -0.39 is 0 Å². The van der Waals surface area contributed by atoms with E-state index in [1.807, 2.05) is 26.0 Å². The van der Waals surface area contributed by atoms with E-state index in [1.165, 1.54) is 16.6 Å². The molecule has 4 heteroatoms. The molecule has 1 aromatic carbocycles. The Morgan fingerprint density at radius 3 is 2.56 bits per heavy atom. The molecule has 2 N–H and O–H groups in total. The van der Waals surface area contributed by atoms with E-state index in [9.17, 15) is 0 Å². The summed E-state index contributed by atoms with van der Waals surface area (Å²) >= 11 is 0. The van der Waals surface area contributed by atoms with Gasteiger partial charge >= 0.3 is 6.92 Å². The summed E-state index contributed by atoms with van der Waals surface area (Å²) in [7, 11) is 0. The van der Waals surface area contributed by atoms with Crippen LogP contribution in [0.3, 0.4) is 0 Å². The van der Waals surface area contributed by atoms with Gasteiger partial charge in [-0.2, -0.15) is 0 Å². The number of hydrogen-bond donors (Lipinski definition) is 1. The maximum atomic E-state index is 6.70. The van der Waals surface area contributed by atoms with E-state index in [2.05, 4.69) is 52.8 Å². The molecule has 146 valence electrons. The minimum Gasteiger partial charge on any atom is -0.489 e. The summed E-state index contributed by atoms with van der Waals surface area (Å²) < 4.78 is 13.0. The number of benzene rings is 1. The van der Waals surface area contributed by atoms with Crippen molar-refractivity contribution >= 4 is 12.6 Å². The molecule has 4 rings (SSSR count). The van der Waals surface area contributed by atoms with Crippen molar-refractivity contribution < 1.29 is 9.39 Å². The normalized spacial score (nSPS) is 27.3. The average molecular weight is 367 g/mol. The zero-order valence-electron chi connectivity index (χ0n) is 17.9. The summed E-state index contributed by atoms with van der Waals surface area (Å²) in [6, 6.07) is 6.08. The summed E-state index contributed by atoms with van der Waals surface area (Å²) in [5.74, 6) is 1.69. The summed E-state index contributed by atoms with van der Waals surface area (Å²) in [4.78, 5) is 0. The third kappa shape index (κ3) is 3.22. The molecule has 1 aliphatic carbocycles. The SMILES string of the molecule is CC.CC1C=C2COc3cc(N)ccc3C3B(OC(C)(C)C3(C)C)C2=CC1. The van der Waals surface area contributed by atoms with Crippen LogP contribution in [-0.4, -0.2) is 19.1 Å². The fourth-order valence-electron chi connectivity index (χ4n) is 4.56. The Balaban J connectivity index is 0.00000102. The third-order valence-electron chi connectivity index (χ3n) is 6.68. The van der Waals surface area contributed by atoms with Crippen LogP contribution in [0.15, 0.2) is 41.4 Å². The van der Waals surface area contributed by atoms with Gasteiger partial charge in [0.2, 0.25) is 0 Å². The quantitative estimate of drug-likeness (QED) is 0.482. The zero-order valence-corrected chi connectivity index (χ0v) is 17.9. The number of nitrogens with two attached hydrogens (primary N) is 1. The Morgan fingerprint density at radius 1 is 1.15 bits per heavy atom. The molecule has 3 nitrogen and oxygen atoms in total. The lowest BCUT2D eigenvalue weighted by molar-refractivity contribution is 0.0283. The molecule has 27 heavy (non-hydrogen) atoms. The van der Waals surface area contributed by atoms with E-state index in [0.29, 0.717) is 12.5 Å². The van der Waals surface area contributed by atoms with Crippen molar-refractivity contribution in [3.05, 3.63) is 47.0 Å². The van der Waals surface area contributed by atoms with Gasteiger partial charge in [0.15, 0.2) is 0 Å². The molecule has 0 spiro atoms. The van der Waals surface area contributed by atoms with Crippen LogP contribution >= 0.6 is 0 Å². The molecular weight excluding hydrogens is 333 g/mol. The van der Waals surface area contributed by atoms with Gasteiger partial charge in [-0.1, -0.05) is 52.8 Å². The molecule has 0 bridgehead atoms. The zero-order chi connectivity index (χ0) is 20.0.